The number of epoxide rings is 1. The Kier molecular flexibility index (Phi) is 10.8. The minimum Gasteiger partial charge on any atom is -0.462 e. The van der Waals surface area contributed by atoms with Gasteiger partial charge in [0.15, 0.2) is 12.1 Å². The van der Waals surface area contributed by atoms with E-state index in [4.69, 9.17) is 18.9 Å². The molecule has 0 aromatic carbocycles. The lowest BCUT2D eigenvalue weighted by Crippen LogP contribution is -2.56. The summed E-state index contributed by atoms with van der Waals surface area (Å²) in [5.41, 5.74) is -0.578. The highest BCUT2D eigenvalue weighted by molar-refractivity contribution is 5.91. The molecule has 0 aliphatic carbocycles. The second kappa shape index (κ2) is 13.1. The van der Waals surface area contributed by atoms with Gasteiger partial charge in [-0.25, -0.2) is 0 Å². The van der Waals surface area contributed by atoms with Gasteiger partial charge in [-0.3, -0.25) is 9.59 Å². The van der Waals surface area contributed by atoms with Crippen molar-refractivity contribution < 1.29 is 38.7 Å². The van der Waals surface area contributed by atoms with Crippen LogP contribution in [0.15, 0.2) is 12.2 Å². The molecule has 0 amide bonds. The molecule has 2 saturated heterocycles. The normalized spacial score (nSPS) is 47.4. The molecule has 9 heteroatoms. The summed E-state index contributed by atoms with van der Waals surface area (Å²) < 4.78 is 24.3. The van der Waals surface area contributed by atoms with Crippen molar-refractivity contribution >= 4 is 11.8 Å². The molecule has 2 N–H and O–H groups in total. The Hall–Kier alpha value is -1.36. The van der Waals surface area contributed by atoms with E-state index in [1.165, 1.54) is 0 Å². The van der Waals surface area contributed by atoms with E-state index < -0.39 is 42.1 Å². The van der Waals surface area contributed by atoms with Gasteiger partial charge in [-0.1, -0.05) is 34.6 Å². The highest BCUT2D eigenvalue weighted by Crippen LogP contribution is 2.44. The first-order valence-corrected chi connectivity index (χ1v) is 14.6. The van der Waals surface area contributed by atoms with Crippen molar-refractivity contribution in [2.45, 2.75) is 129 Å². The molecule has 0 spiro atoms. The standard InChI is InChI=1S/C30H51NO8/c1-10-24-20(6)28-30(7,39-28)12-11-22(32)16(2)13-17(3)27(19(5)23(33)15-25(34)37-24)38-29-26(35)21(31(8)9)14-18(4)36-29/h11-12,16-21,23-24,26-29,33,35H,10,13-15H2,1-9H3/b12-11+/t16-,17+,18-,19+,20-,21+,23-,24-,26-,27?,28+,29+,30+/m1/s1. The summed E-state index contributed by atoms with van der Waals surface area (Å²) in [6, 6.07) is -0.149. The maximum atomic E-state index is 13.1. The molecule has 224 valence electrons. The molecule has 0 radical (unpaired) electrons. The summed E-state index contributed by atoms with van der Waals surface area (Å²) in [5.74, 6) is -1.51. The Balaban J connectivity index is 1.88. The summed E-state index contributed by atoms with van der Waals surface area (Å²) in [4.78, 5) is 28.0. The molecule has 39 heavy (non-hydrogen) atoms. The number of esters is 1. The van der Waals surface area contributed by atoms with Gasteiger partial charge < -0.3 is 34.1 Å². The number of carbonyl (C=O) groups excluding carboxylic acids is 2. The molecule has 3 heterocycles. The quantitative estimate of drug-likeness (QED) is 0.400. The van der Waals surface area contributed by atoms with Gasteiger partial charge in [0.05, 0.1) is 30.8 Å². The number of ketones is 1. The number of hydrogen-bond donors (Lipinski definition) is 2. The average molecular weight is 554 g/mol. The number of carbonyl (C=O) groups is 2. The third-order valence-corrected chi connectivity index (χ3v) is 9.06. The van der Waals surface area contributed by atoms with Gasteiger partial charge in [0.2, 0.25) is 0 Å². The molecule has 0 bridgehead atoms. The Labute approximate surface area is 234 Å². The van der Waals surface area contributed by atoms with Gasteiger partial charge in [0.25, 0.3) is 0 Å². The molecule has 0 saturated carbocycles. The molecule has 3 aliphatic heterocycles. The molecule has 1 unspecified atom stereocenters. The maximum absolute atomic E-state index is 13.1. The summed E-state index contributed by atoms with van der Waals surface area (Å²) in [5, 5.41) is 22.3. The lowest BCUT2D eigenvalue weighted by atomic mass is 9.82. The smallest absolute Gasteiger partial charge is 0.308 e. The van der Waals surface area contributed by atoms with E-state index >= 15 is 0 Å². The lowest BCUT2D eigenvalue weighted by Gasteiger charge is -2.44. The largest absolute Gasteiger partial charge is 0.462 e. The second-order valence-corrected chi connectivity index (χ2v) is 12.7. The van der Waals surface area contributed by atoms with E-state index in [1.807, 2.05) is 73.5 Å². The van der Waals surface area contributed by atoms with Crippen LogP contribution in [0.25, 0.3) is 0 Å². The van der Waals surface area contributed by atoms with Crippen LogP contribution in [0.4, 0.5) is 0 Å². The fraction of sp³-hybridized carbons (Fsp3) is 0.867. The van der Waals surface area contributed by atoms with Gasteiger partial charge in [0.1, 0.15) is 17.8 Å². The number of aliphatic hydroxyl groups excluding tert-OH is 2. The van der Waals surface area contributed by atoms with Crippen LogP contribution >= 0.6 is 0 Å². The second-order valence-electron chi connectivity index (χ2n) is 12.7. The minimum absolute atomic E-state index is 0.00209. The number of allylic oxidation sites excluding steroid dienone is 1. The Bertz CT molecular complexity index is 879. The fourth-order valence-corrected chi connectivity index (χ4v) is 6.36. The van der Waals surface area contributed by atoms with Crippen molar-refractivity contribution in [1.82, 2.24) is 4.90 Å². The predicted octanol–water partition coefficient (Wildman–Crippen LogP) is 3.10. The van der Waals surface area contributed by atoms with Crippen LogP contribution in [0.2, 0.25) is 0 Å². The SMILES string of the molecule is CC[C@H]1OC(=O)C[C@@H](O)[C@H](C)C(O[C@@H]2O[C@H](C)C[C@H](N(C)C)[C@H]2O)[C@@H](C)C[C@@H](C)C(=O)/C=C/[C@]2(C)O[C@H]2[C@@H]1C. The van der Waals surface area contributed by atoms with Crippen molar-refractivity contribution in [2.75, 3.05) is 14.1 Å². The fourth-order valence-electron chi connectivity index (χ4n) is 6.36. The van der Waals surface area contributed by atoms with Crippen LogP contribution in [0, 0.1) is 23.7 Å². The van der Waals surface area contributed by atoms with Gasteiger partial charge in [-0.15, -0.1) is 0 Å². The van der Waals surface area contributed by atoms with Gasteiger partial charge in [0, 0.05) is 23.8 Å². The molecular weight excluding hydrogens is 502 g/mol. The number of fused-ring (bicyclic) bond motifs is 1. The lowest BCUT2D eigenvalue weighted by molar-refractivity contribution is -0.282. The van der Waals surface area contributed by atoms with E-state index in [0.717, 1.165) is 0 Å². The molecule has 2 fully saturated rings. The highest BCUT2D eigenvalue weighted by atomic mass is 16.7. The monoisotopic (exact) mass is 553 g/mol. The number of hydrogen-bond acceptors (Lipinski definition) is 9. The Morgan fingerprint density at radius 1 is 1.08 bits per heavy atom. The zero-order chi connectivity index (χ0) is 29.2. The zero-order valence-corrected chi connectivity index (χ0v) is 25.2. The van der Waals surface area contributed by atoms with Gasteiger partial charge in [-0.2, -0.15) is 0 Å². The van der Waals surface area contributed by atoms with Crippen LogP contribution in [0.3, 0.4) is 0 Å². The van der Waals surface area contributed by atoms with Crippen molar-refractivity contribution in [3.8, 4) is 0 Å². The highest BCUT2D eigenvalue weighted by Gasteiger charge is 2.55. The summed E-state index contributed by atoms with van der Waals surface area (Å²) in [6.45, 7) is 13.5. The first-order chi connectivity index (χ1) is 18.2. The van der Waals surface area contributed by atoms with E-state index in [2.05, 4.69) is 0 Å². The van der Waals surface area contributed by atoms with Crippen molar-refractivity contribution in [3.05, 3.63) is 12.2 Å². The first-order valence-electron chi connectivity index (χ1n) is 14.6. The van der Waals surface area contributed by atoms with Crippen molar-refractivity contribution in [3.63, 3.8) is 0 Å². The summed E-state index contributed by atoms with van der Waals surface area (Å²) in [6.07, 6.45) is 0.957. The molecule has 3 aliphatic rings. The van der Waals surface area contributed by atoms with Crippen molar-refractivity contribution in [1.29, 1.82) is 0 Å². The number of aliphatic hydroxyl groups is 2. The predicted molar refractivity (Wildman–Crippen MR) is 147 cm³/mol. The Morgan fingerprint density at radius 2 is 1.74 bits per heavy atom. The number of cyclic esters (lactones) is 1. The molecular formula is C30H51NO8. The topological polar surface area (TPSA) is 118 Å². The number of nitrogens with zero attached hydrogens (tertiary/aromatic N) is 1. The zero-order valence-electron chi connectivity index (χ0n) is 25.2. The summed E-state index contributed by atoms with van der Waals surface area (Å²) >= 11 is 0. The maximum Gasteiger partial charge on any atom is 0.308 e. The Morgan fingerprint density at radius 3 is 2.36 bits per heavy atom. The van der Waals surface area contributed by atoms with Gasteiger partial charge >= 0.3 is 5.97 Å². The van der Waals surface area contributed by atoms with Crippen LogP contribution in [-0.4, -0.2) is 95.5 Å². The van der Waals surface area contributed by atoms with Crippen LogP contribution < -0.4 is 0 Å². The molecule has 3 rings (SSSR count). The first kappa shape index (κ1) is 32.2. The van der Waals surface area contributed by atoms with E-state index in [1.54, 1.807) is 6.08 Å². The molecule has 9 nitrogen and oxygen atoms in total. The van der Waals surface area contributed by atoms with Gasteiger partial charge in [-0.05, 0) is 65.3 Å². The average Bonchev–Trinajstić information content (AvgIpc) is 3.55. The number of ether oxygens (including phenoxy) is 4. The summed E-state index contributed by atoms with van der Waals surface area (Å²) in [7, 11) is 3.83. The van der Waals surface area contributed by atoms with E-state index in [-0.39, 0.29) is 54.3 Å². The molecule has 0 aromatic rings. The molecule has 0 aromatic heterocycles. The van der Waals surface area contributed by atoms with E-state index in [0.29, 0.717) is 19.3 Å². The third kappa shape index (κ3) is 7.68. The molecule has 13 atom stereocenters. The van der Waals surface area contributed by atoms with Crippen LogP contribution in [0.5, 0.6) is 0 Å². The van der Waals surface area contributed by atoms with E-state index in [9.17, 15) is 19.8 Å². The number of rotatable bonds is 4. The van der Waals surface area contributed by atoms with Crippen molar-refractivity contribution in [2.24, 2.45) is 23.7 Å². The minimum atomic E-state index is -1.04. The van der Waals surface area contributed by atoms with Crippen LogP contribution in [-0.2, 0) is 28.5 Å². The van der Waals surface area contributed by atoms with Crippen LogP contribution in [0.1, 0.15) is 74.1 Å². The third-order valence-electron chi connectivity index (χ3n) is 9.06. The number of likely N-dealkylation sites (N-methyl/N-ethyl adjacent to an activating group) is 1.